The lowest BCUT2D eigenvalue weighted by molar-refractivity contribution is -0.136. The van der Waals surface area contributed by atoms with Crippen molar-refractivity contribution in [2.75, 3.05) is 6.61 Å². The minimum Gasteiger partial charge on any atom is -0.744 e. The van der Waals surface area contributed by atoms with Crippen LogP contribution in [-0.2, 0) is 14.9 Å². The fraction of sp³-hybridized carbons (Fsp3) is 0.0714. The van der Waals surface area contributed by atoms with Crippen molar-refractivity contribution in [1.82, 2.24) is 0 Å². The summed E-state index contributed by atoms with van der Waals surface area (Å²) in [5, 5.41) is 0. The fourth-order valence-electron chi connectivity index (χ4n) is 1.61. The Hall–Kier alpha value is -0.190. The summed E-state index contributed by atoms with van der Waals surface area (Å²) in [7, 11) is -4.50. The minimum absolute atomic E-state index is 0.256. The lowest BCUT2D eigenvalue weighted by Gasteiger charge is -2.11. The predicted octanol–water partition coefficient (Wildman–Crippen LogP) is 3.39. The Kier molecular flexibility index (Phi) is 7.10. The van der Waals surface area contributed by atoms with Crippen molar-refractivity contribution in [3.05, 3.63) is 47.1 Å². The number of halogens is 3. The quantitative estimate of drug-likeness (QED) is 0.208. The molecule has 2 aromatic carbocycles. The molecule has 0 saturated carbocycles. The highest BCUT2D eigenvalue weighted by atomic mass is 127. The molecule has 0 aliphatic rings. The molecule has 0 aromatic heterocycles. The standard InChI is InChI=1S/C14H9I3O6S/c15-8-5-11(16)14(12(17)6-8)23-13(18)7-22-9-1-3-10(4-2-9)24(19,20)21/h1-6H,7H2,(H,19,20,21)/p-1. The van der Waals surface area contributed by atoms with Gasteiger partial charge < -0.3 is 14.0 Å². The highest BCUT2D eigenvalue weighted by molar-refractivity contribution is 14.1. The summed E-state index contributed by atoms with van der Waals surface area (Å²) >= 11 is 6.34. The first-order valence-corrected chi connectivity index (χ1v) is 10.9. The predicted molar refractivity (Wildman–Crippen MR) is 110 cm³/mol. The Morgan fingerprint density at radius 1 is 1.04 bits per heavy atom. The number of ether oxygens (including phenoxy) is 2. The van der Waals surface area contributed by atoms with Crippen molar-refractivity contribution in [3.63, 3.8) is 0 Å². The Morgan fingerprint density at radius 2 is 1.58 bits per heavy atom. The van der Waals surface area contributed by atoms with Gasteiger partial charge in [-0.3, -0.25) is 0 Å². The van der Waals surface area contributed by atoms with Gasteiger partial charge in [-0.1, -0.05) is 0 Å². The number of carbonyl (C=O) groups excluding carboxylic acids is 1. The number of hydrogen-bond acceptors (Lipinski definition) is 6. The zero-order valence-corrected chi connectivity index (χ0v) is 19.0. The SMILES string of the molecule is O=C(COc1ccc(S(=O)(=O)[O-])cc1)Oc1c(I)cc(I)cc1I. The van der Waals surface area contributed by atoms with Gasteiger partial charge in [0.25, 0.3) is 0 Å². The van der Waals surface area contributed by atoms with Crippen LogP contribution in [0, 0.1) is 10.7 Å². The van der Waals surface area contributed by atoms with Crippen molar-refractivity contribution >= 4 is 83.9 Å². The number of rotatable bonds is 5. The van der Waals surface area contributed by atoms with Crippen molar-refractivity contribution in [2.45, 2.75) is 4.90 Å². The van der Waals surface area contributed by atoms with Crippen LogP contribution >= 0.6 is 67.8 Å². The van der Waals surface area contributed by atoms with E-state index in [1.54, 1.807) is 0 Å². The van der Waals surface area contributed by atoms with E-state index in [-0.39, 0.29) is 17.3 Å². The Labute approximate surface area is 179 Å². The molecule has 0 bridgehead atoms. The summed E-state index contributed by atoms with van der Waals surface area (Å²) in [6.45, 7) is -0.346. The van der Waals surface area contributed by atoms with Crippen LogP contribution in [0.1, 0.15) is 0 Å². The largest absolute Gasteiger partial charge is 0.744 e. The maximum Gasteiger partial charge on any atom is 0.349 e. The zero-order chi connectivity index (χ0) is 17.9. The number of hydrogen-bond donors (Lipinski definition) is 0. The first-order chi connectivity index (χ1) is 11.2. The second kappa shape index (κ2) is 8.46. The Balaban J connectivity index is 1.99. The number of esters is 1. The van der Waals surface area contributed by atoms with E-state index >= 15 is 0 Å². The molecule has 0 radical (unpaired) electrons. The van der Waals surface area contributed by atoms with Gasteiger partial charge in [0.1, 0.15) is 15.9 Å². The lowest BCUT2D eigenvalue weighted by atomic mass is 10.3. The molecule has 24 heavy (non-hydrogen) atoms. The van der Waals surface area contributed by atoms with E-state index < -0.39 is 16.1 Å². The monoisotopic (exact) mass is 685 g/mol. The molecule has 0 unspecified atom stereocenters. The van der Waals surface area contributed by atoms with Gasteiger partial charge in [-0.15, -0.1) is 0 Å². The van der Waals surface area contributed by atoms with Crippen LogP contribution < -0.4 is 9.47 Å². The smallest absolute Gasteiger partial charge is 0.349 e. The van der Waals surface area contributed by atoms with Gasteiger partial charge >= 0.3 is 5.97 Å². The maximum atomic E-state index is 11.9. The van der Waals surface area contributed by atoms with E-state index in [0.717, 1.165) is 22.8 Å². The van der Waals surface area contributed by atoms with Gasteiger partial charge in [0, 0.05) is 3.57 Å². The third-order valence-corrected chi connectivity index (χ3v) is 5.72. The zero-order valence-electron chi connectivity index (χ0n) is 11.7. The van der Waals surface area contributed by atoms with Crippen LogP contribution in [0.4, 0.5) is 0 Å². The highest BCUT2D eigenvalue weighted by Gasteiger charge is 2.13. The topological polar surface area (TPSA) is 92.7 Å². The summed E-state index contributed by atoms with van der Waals surface area (Å²) in [4.78, 5) is 11.5. The molecular formula is C14H8I3O6S-. The summed E-state index contributed by atoms with van der Waals surface area (Å²) in [6, 6.07) is 8.61. The number of carbonyl (C=O) groups is 1. The maximum absolute atomic E-state index is 11.9. The van der Waals surface area contributed by atoms with Crippen molar-refractivity contribution in [3.8, 4) is 11.5 Å². The fourth-order valence-corrected chi connectivity index (χ4v) is 5.89. The van der Waals surface area contributed by atoms with Gasteiger partial charge in [-0.05, 0) is 104 Å². The van der Waals surface area contributed by atoms with Crippen LogP contribution in [0.2, 0.25) is 0 Å². The highest BCUT2D eigenvalue weighted by Crippen LogP contribution is 2.29. The lowest BCUT2D eigenvalue weighted by Crippen LogP contribution is -2.18. The minimum atomic E-state index is -4.50. The molecule has 0 amide bonds. The molecule has 0 heterocycles. The van der Waals surface area contributed by atoms with E-state index in [1.807, 2.05) is 12.1 Å². The Bertz CT molecular complexity index is 842. The molecule has 0 aliphatic carbocycles. The normalized spacial score (nSPS) is 11.2. The summed E-state index contributed by atoms with van der Waals surface area (Å²) in [5.74, 6) is 0.136. The van der Waals surface area contributed by atoms with Gasteiger partial charge in [-0.2, -0.15) is 0 Å². The summed E-state index contributed by atoms with van der Waals surface area (Å²) < 4.78 is 45.7. The molecule has 0 fully saturated rings. The first kappa shape index (κ1) is 20.1. The van der Waals surface area contributed by atoms with Gasteiger partial charge in [-0.25, -0.2) is 13.2 Å². The third-order valence-electron chi connectivity index (χ3n) is 2.65. The van der Waals surface area contributed by atoms with Crippen molar-refractivity contribution in [1.29, 1.82) is 0 Å². The Morgan fingerprint density at radius 3 is 2.08 bits per heavy atom. The molecule has 2 rings (SSSR count). The molecular weight excluding hydrogens is 677 g/mol. The van der Waals surface area contributed by atoms with Crippen LogP contribution in [0.25, 0.3) is 0 Å². The van der Waals surface area contributed by atoms with Crippen LogP contribution in [-0.4, -0.2) is 25.5 Å². The van der Waals surface area contributed by atoms with Gasteiger partial charge in [0.2, 0.25) is 0 Å². The van der Waals surface area contributed by atoms with E-state index in [9.17, 15) is 17.8 Å². The molecule has 128 valence electrons. The molecule has 0 N–H and O–H groups in total. The first-order valence-electron chi connectivity index (χ1n) is 6.21. The van der Waals surface area contributed by atoms with E-state index in [1.165, 1.54) is 12.1 Å². The van der Waals surface area contributed by atoms with Crippen LogP contribution in [0.5, 0.6) is 11.5 Å². The van der Waals surface area contributed by atoms with Crippen LogP contribution in [0.3, 0.4) is 0 Å². The number of benzene rings is 2. The van der Waals surface area contributed by atoms with Gasteiger partial charge in [0.05, 0.1) is 12.0 Å². The second-order valence-electron chi connectivity index (χ2n) is 4.39. The average molecular weight is 685 g/mol. The van der Waals surface area contributed by atoms with E-state index in [4.69, 9.17) is 9.47 Å². The molecule has 2 aromatic rings. The molecule has 0 aliphatic heterocycles. The van der Waals surface area contributed by atoms with Crippen molar-refractivity contribution in [2.24, 2.45) is 0 Å². The average Bonchev–Trinajstić information content (AvgIpc) is 2.48. The summed E-state index contributed by atoms with van der Waals surface area (Å²) in [6.07, 6.45) is 0. The molecule has 10 heteroatoms. The second-order valence-corrected chi connectivity index (χ2v) is 9.34. The summed E-state index contributed by atoms with van der Waals surface area (Å²) in [5.41, 5.74) is 0. The molecule has 0 saturated heterocycles. The van der Waals surface area contributed by atoms with Crippen LogP contribution in [0.15, 0.2) is 41.3 Å². The van der Waals surface area contributed by atoms with E-state index in [0.29, 0.717) is 5.75 Å². The third kappa shape index (κ3) is 5.67. The van der Waals surface area contributed by atoms with Gasteiger partial charge in [0.15, 0.2) is 12.4 Å². The van der Waals surface area contributed by atoms with E-state index in [2.05, 4.69) is 67.8 Å². The van der Waals surface area contributed by atoms with Crippen molar-refractivity contribution < 1.29 is 27.2 Å². The molecule has 6 nitrogen and oxygen atoms in total. The molecule has 0 atom stereocenters. The molecule has 0 spiro atoms.